The third-order valence-corrected chi connectivity index (χ3v) is 6.33. The molecule has 0 aliphatic heterocycles. The zero-order chi connectivity index (χ0) is 15.0. The zero-order valence-corrected chi connectivity index (χ0v) is 14.9. The monoisotopic (exact) mass is 372 g/mol. The van der Waals surface area contributed by atoms with Gasteiger partial charge in [-0.25, -0.2) is 0 Å². The van der Waals surface area contributed by atoms with Gasteiger partial charge in [-0.3, -0.25) is 0 Å². The van der Waals surface area contributed by atoms with Crippen LogP contribution in [-0.4, -0.2) is 14.2 Å². The van der Waals surface area contributed by atoms with Crippen LogP contribution < -0.4 is 9.47 Å². The Balaban J connectivity index is 1.76. The molecule has 21 heavy (non-hydrogen) atoms. The Kier molecular flexibility index (Phi) is 4.70. The van der Waals surface area contributed by atoms with Gasteiger partial charge in [0.15, 0.2) is 11.5 Å². The first-order chi connectivity index (χ1) is 10.1. The fraction of sp³-hybridized carbons (Fsp3) is 0.647. The third-order valence-electron chi connectivity index (χ3n) is 5.23. The first-order valence-corrected chi connectivity index (χ1v) is 8.90. The lowest BCUT2D eigenvalue weighted by Crippen LogP contribution is -2.12. The number of hydrogen-bond donors (Lipinski definition) is 0. The van der Waals surface area contributed by atoms with Gasteiger partial charge in [-0.2, -0.15) is 0 Å². The highest BCUT2D eigenvalue weighted by Crippen LogP contribution is 2.52. The van der Waals surface area contributed by atoms with Gasteiger partial charge < -0.3 is 9.47 Å². The first kappa shape index (κ1) is 15.5. The molecule has 2 bridgehead atoms. The van der Waals surface area contributed by atoms with Crippen molar-refractivity contribution in [3.05, 3.63) is 22.2 Å². The molecule has 4 heteroatoms. The van der Waals surface area contributed by atoms with Crippen LogP contribution in [0, 0.1) is 17.8 Å². The molecule has 4 atom stereocenters. The van der Waals surface area contributed by atoms with Crippen LogP contribution in [0.5, 0.6) is 11.5 Å². The lowest BCUT2D eigenvalue weighted by atomic mass is 9.84. The lowest BCUT2D eigenvalue weighted by molar-refractivity contribution is 0.311. The minimum atomic E-state index is 0.0310. The van der Waals surface area contributed by atoms with Crippen LogP contribution in [0.4, 0.5) is 0 Å². The second-order valence-electron chi connectivity index (χ2n) is 6.37. The van der Waals surface area contributed by atoms with Crippen LogP contribution in [0.25, 0.3) is 0 Å². The Morgan fingerprint density at radius 2 is 1.90 bits per heavy atom. The normalized spacial score (nSPS) is 28.7. The SMILES string of the molecule is COc1cc(Br)c(C(Cl)CC2CC3CCC2C3)cc1OC. The Morgan fingerprint density at radius 1 is 1.19 bits per heavy atom. The Morgan fingerprint density at radius 3 is 2.48 bits per heavy atom. The fourth-order valence-electron chi connectivity index (χ4n) is 4.17. The number of ether oxygens (including phenoxy) is 2. The molecule has 0 N–H and O–H groups in total. The van der Waals surface area contributed by atoms with E-state index in [9.17, 15) is 0 Å². The molecule has 4 unspecified atom stereocenters. The Hall–Kier alpha value is -0.410. The van der Waals surface area contributed by atoms with Crippen molar-refractivity contribution in [2.75, 3.05) is 14.2 Å². The number of alkyl halides is 1. The van der Waals surface area contributed by atoms with E-state index in [1.54, 1.807) is 14.2 Å². The maximum Gasteiger partial charge on any atom is 0.161 e. The van der Waals surface area contributed by atoms with Crippen molar-refractivity contribution in [2.45, 2.75) is 37.5 Å². The van der Waals surface area contributed by atoms with Gasteiger partial charge in [0.05, 0.1) is 19.6 Å². The largest absolute Gasteiger partial charge is 0.493 e. The quantitative estimate of drug-likeness (QED) is 0.628. The first-order valence-electron chi connectivity index (χ1n) is 7.67. The molecule has 2 fully saturated rings. The number of fused-ring (bicyclic) bond motifs is 2. The van der Waals surface area contributed by atoms with E-state index in [0.717, 1.165) is 45.7 Å². The van der Waals surface area contributed by atoms with Crippen molar-refractivity contribution in [1.29, 1.82) is 0 Å². The van der Waals surface area contributed by atoms with Crippen LogP contribution in [-0.2, 0) is 0 Å². The van der Waals surface area contributed by atoms with Crippen LogP contribution >= 0.6 is 27.5 Å². The van der Waals surface area contributed by atoms with Crippen molar-refractivity contribution in [1.82, 2.24) is 0 Å². The minimum absolute atomic E-state index is 0.0310. The summed E-state index contributed by atoms with van der Waals surface area (Å²) in [6.45, 7) is 0. The molecule has 2 aliphatic rings. The molecule has 0 radical (unpaired) electrons. The van der Waals surface area contributed by atoms with E-state index in [0.29, 0.717) is 0 Å². The topological polar surface area (TPSA) is 18.5 Å². The molecule has 0 aromatic heterocycles. The summed E-state index contributed by atoms with van der Waals surface area (Å²) in [4.78, 5) is 0. The highest BCUT2D eigenvalue weighted by atomic mass is 79.9. The van der Waals surface area contributed by atoms with Crippen molar-refractivity contribution in [2.24, 2.45) is 17.8 Å². The standard InChI is InChI=1S/C17H22BrClO2/c1-20-16-8-13(14(18)9-17(16)21-2)15(19)7-12-6-10-3-4-11(12)5-10/h8-12,15H,3-7H2,1-2H3. The summed E-state index contributed by atoms with van der Waals surface area (Å²) >= 11 is 10.3. The van der Waals surface area contributed by atoms with Gasteiger partial charge >= 0.3 is 0 Å². The highest BCUT2D eigenvalue weighted by Gasteiger charge is 2.40. The van der Waals surface area contributed by atoms with E-state index in [2.05, 4.69) is 15.9 Å². The molecule has 1 aromatic carbocycles. The summed E-state index contributed by atoms with van der Waals surface area (Å²) in [5.74, 6) is 4.16. The van der Waals surface area contributed by atoms with E-state index in [-0.39, 0.29) is 5.38 Å². The molecule has 0 heterocycles. The molecule has 2 saturated carbocycles. The summed E-state index contributed by atoms with van der Waals surface area (Å²) in [7, 11) is 3.31. The average Bonchev–Trinajstić information content (AvgIpc) is 3.09. The Labute approximate surface area is 140 Å². The van der Waals surface area contributed by atoms with Crippen molar-refractivity contribution in [3.63, 3.8) is 0 Å². The van der Waals surface area contributed by atoms with Crippen molar-refractivity contribution < 1.29 is 9.47 Å². The molecular formula is C17H22BrClO2. The number of rotatable bonds is 5. The van der Waals surface area contributed by atoms with Gasteiger partial charge in [-0.1, -0.05) is 22.4 Å². The summed E-state index contributed by atoms with van der Waals surface area (Å²) < 4.78 is 11.7. The Bertz CT molecular complexity index is 520. The maximum absolute atomic E-state index is 6.73. The molecule has 0 amide bonds. The third kappa shape index (κ3) is 3.05. The number of hydrogen-bond acceptors (Lipinski definition) is 2. The van der Waals surface area contributed by atoms with Gasteiger partial charge in [0.25, 0.3) is 0 Å². The van der Waals surface area contributed by atoms with Crippen molar-refractivity contribution >= 4 is 27.5 Å². The smallest absolute Gasteiger partial charge is 0.161 e. The number of methoxy groups -OCH3 is 2. The highest BCUT2D eigenvalue weighted by molar-refractivity contribution is 9.10. The van der Waals surface area contributed by atoms with Crippen LogP contribution in [0.2, 0.25) is 0 Å². The van der Waals surface area contributed by atoms with E-state index < -0.39 is 0 Å². The second kappa shape index (κ2) is 6.37. The van der Waals surface area contributed by atoms with E-state index in [1.165, 1.54) is 25.7 Å². The number of halogens is 2. The van der Waals surface area contributed by atoms with E-state index >= 15 is 0 Å². The molecule has 0 spiro atoms. The van der Waals surface area contributed by atoms with E-state index in [1.807, 2.05) is 12.1 Å². The molecule has 0 saturated heterocycles. The predicted octanol–water partition coefficient (Wildman–Crippen LogP) is 5.57. The summed E-state index contributed by atoms with van der Waals surface area (Å²) in [5, 5.41) is 0.0310. The van der Waals surface area contributed by atoms with Crippen LogP contribution in [0.3, 0.4) is 0 Å². The van der Waals surface area contributed by atoms with Crippen molar-refractivity contribution in [3.8, 4) is 11.5 Å². The van der Waals surface area contributed by atoms with Gasteiger partial charge in [-0.05, 0) is 61.1 Å². The van der Waals surface area contributed by atoms with Gasteiger partial charge in [0, 0.05) is 4.47 Å². The summed E-state index contributed by atoms with van der Waals surface area (Å²) in [5.41, 5.74) is 1.11. The summed E-state index contributed by atoms with van der Waals surface area (Å²) in [6, 6.07) is 3.96. The predicted molar refractivity (Wildman–Crippen MR) is 89.4 cm³/mol. The molecular weight excluding hydrogens is 352 g/mol. The van der Waals surface area contributed by atoms with E-state index in [4.69, 9.17) is 21.1 Å². The fourth-order valence-corrected chi connectivity index (χ4v) is 5.31. The van der Waals surface area contributed by atoms with Gasteiger partial charge in [0.2, 0.25) is 0 Å². The summed E-state index contributed by atoms with van der Waals surface area (Å²) in [6.07, 6.45) is 6.72. The number of benzene rings is 1. The second-order valence-corrected chi connectivity index (χ2v) is 7.75. The molecule has 3 rings (SSSR count). The lowest BCUT2D eigenvalue weighted by Gasteiger charge is -2.25. The minimum Gasteiger partial charge on any atom is -0.493 e. The molecule has 2 aliphatic carbocycles. The molecule has 2 nitrogen and oxygen atoms in total. The maximum atomic E-state index is 6.73. The molecule has 116 valence electrons. The average molecular weight is 374 g/mol. The van der Waals surface area contributed by atoms with Crippen LogP contribution in [0.1, 0.15) is 43.0 Å². The molecule has 1 aromatic rings. The van der Waals surface area contributed by atoms with Gasteiger partial charge in [0.1, 0.15) is 0 Å². The van der Waals surface area contributed by atoms with Crippen LogP contribution in [0.15, 0.2) is 16.6 Å². The van der Waals surface area contributed by atoms with Gasteiger partial charge in [-0.15, -0.1) is 11.6 Å². The zero-order valence-electron chi connectivity index (χ0n) is 12.6.